The normalized spacial score (nSPS) is 22.7. The van der Waals surface area contributed by atoms with E-state index in [1.807, 2.05) is 16.6 Å². The Labute approximate surface area is 149 Å². The quantitative estimate of drug-likeness (QED) is 0.896. The molecule has 138 valence electrons. The van der Waals surface area contributed by atoms with Crippen molar-refractivity contribution in [2.75, 3.05) is 19.7 Å². The molecule has 6 heteroatoms. The van der Waals surface area contributed by atoms with Crippen LogP contribution in [0.4, 0.5) is 4.79 Å². The van der Waals surface area contributed by atoms with Crippen LogP contribution in [0.15, 0.2) is 0 Å². The molecule has 1 aromatic heterocycles. The van der Waals surface area contributed by atoms with Crippen molar-refractivity contribution in [1.82, 2.24) is 20.0 Å². The van der Waals surface area contributed by atoms with E-state index in [-0.39, 0.29) is 6.03 Å². The lowest BCUT2D eigenvalue weighted by molar-refractivity contribution is 0.108. The fraction of sp³-hybridized carbons (Fsp3) is 0.789. The molecule has 1 saturated carbocycles. The summed E-state index contributed by atoms with van der Waals surface area (Å²) < 4.78 is 7.69. The van der Waals surface area contributed by atoms with Crippen LogP contribution in [0.2, 0.25) is 0 Å². The van der Waals surface area contributed by atoms with Gasteiger partial charge in [0.1, 0.15) is 0 Å². The van der Waals surface area contributed by atoms with E-state index in [4.69, 9.17) is 9.84 Å². The highest BCUT2D eigenvalue weighted by molar-refractivity contribution is 5.74. The summed E-state index contributed by atoms with van der Waals surface area (Å²) in [5.74, 6) is 0.454. The molecule has 2 amide bonds. The van der Waals surface area contributed by atoms with E-state index in [9.17, 15) is 4.79 Å². The van der Waals surface area contributed by atoms with E-state index < -0.39 is 0 Å². The highest BCUT2D eigenvalue weighted by Crippen LogP contribution is 2.33. The first-order chi connectivity index (χ1) is 12.2. The molecule has 0 aromatic carbocycles. The van der Waals surface area contributed by atoms with Crippen LogP contribution in [0.25, 0.3) is 0 Å². The third-order valence-electron chi connectivity index (χ3n) is 6.14. The van der Waals surface area contributed by atoms with E-state index in [1.54, 1.807) is 0 Å². The number of carbonyl (C=O) groups is 1. The second-order valence-corrected chi connectivity index (χ2v) is 7.78. The van der Waals surface area contributed by atoms with Crippen molar-refractivity contribution in [3.05, 3.63) is 17.0 Å². The lowest BCUT2D eigenvalue weighted by atomic mass is 9.90. The number of nitrogens with zero attached hydrogens (tertiary/aromatic N) is 3. The minimum atomic E-state index is 0.136. The Balaban J connectivity index is 1.34. The Morgan fingerprint density at radius 1 is 1.16 bits per heavy atom. The maximum absolute atomic E-state index is 12.5. The third-order valence-corrected chi connectivity index (χ3v) is 6.14. The number of nitrogens with one attached hydrogen (secondary N) is 1. The number of carbonyl (C=O) groups excluding carboxylic acids is 1. The molecule has 4 rings (SSSR count). The molecule has 6 nitrogen and oxygen atoms in total. The molecule has 25 heavy (non-hydrogen) atoms. The van der Waals surface area contributed by atoms with Gasteiger partial charge in [-0.15, -0.1) is 0 Å². The van der Waals surface area contributed by atoms with Crippen LogP contribution in [0.3, 0.4) is 0 Å². The van der Waals surface area contributed by atoms with Crippen molar-refractivity contribution < 1.29 is 9.53 Å². The summed E-state index contributed by atoms with van der Waals surface area (Å²) in [6.45, 7) is 3.15. The summed E-state index contributed by atoms with van der Waals surface area (Å²) in [4.78, 5) is 14.5. The van der Waals surface area contributed by atoms with Crippen LogP contribution in [-0.2, 0) is 24.8 Å². The van der Waals surface area contributed by atoms with Crippen LogP contribution < -0.4 is 5.32 Å². The van der Waals surface area contributed by atoms with Crippen molar-refractivity contribution in [3.63, 3.8) is 0 Å². The smallest absolute Gasteiger partial charge is 0.317 e. The topological polar surface area (TPSA) is 59.4 Å². The number of urea groups is 1. The molecule has 3 aliphatic rings. The van der Waals surface area contributed by atoms with Crippen LogP contribution in [0.5, 0.6) is 0 Å². The molecule has 1 N–H and O–H groups in total. The Hall–Kier alpha value is -1.56. The van der Waals surface area contributed by atoms with Crippen molar-refractivity contribution in [3.8, 4) is 0 Å². The second kappa shape index (κ2) is 7.36. The summed E-state index contributed by atoms with van der Waals surface area (Å²) >= 11 is 0. The maximum atomic E-state index is 12.5. The molecule has 3 heterocycles. The Bertz CT molecular complexity index is 613. The average Bonchev–Trinajstić information content (AvgIpc) is 3.00. The predicted molar refractivity (Wildman–Crippen MR) is 95.5 cm³/mol. The molecule has 2 aliphatic heterocycles. The largest absolute Gasteiger partial charge is 0.376 e. The van der Waals surface area contributed by atoms with E-state index >= 15 is 0 Å². The minimum absolute atomic E-state index is 0.136. The number of amides is 2. The van der Waals surface area contributed by atoms with Gasteiger partial charge in [0.05, 0.1) is 18.9 Å². The predicted octanol–water partition coefficient (Wildman–Crippen LogP) is 2.71. The number of piperidine rings is 1. The maximum Gasteiger partial charge on any atom is 0.317 e. The van der Waals surface area contributed by atoms with Gasteiger partial charge in [0.25, 0.3) is 0 Å². The van der Waals surface area contributed by atoms with E-state index in [1.165, 1.54) is 36.2 Å². The average molecular weight is 346 g/mol. The summed E-state index contributed by atoms with van der Waals surface area (Å²) in [7, 11) is 2.04. The van der Waals surface area contributed by atoms with Gasteiger partial charge in [-0.3, -0.25) is 4.68 Å². The summed E-state index contributed by atoms with van der Waals surface area (Å²) in [6.07, 6.45) is 9.06. The Morgan fingerprint density at radius 2 is 1.92 bits per heavy atom. The molecule has 0 unspecified atom stereocenters. The Morgan fingerprint density at radius 3 is 2.68 bits per heavy atom. The van der Waals surface area contributed by atoms with Crippen LogP contribution in [0, 0.1) is 0 Å². The molecular weight excluding hydrogens is 316 g/mol. The first-order valence-corrected chi connectivity index (χ1v) is 9.90. The zero-order chi connectivity index (χ0) is 17.2. The van der Waals surface area contributed by atoms with Crippen LogP contribution in [0.1, 0.15) is 67.8 Å². The van der Waals surface area contributed by atoms with E-state index in [0.29, 0.717) is 18.6 Å². The number of ether oxygens (including phenoxy) is 1. The number of hydrogen-bond donors (Lipinski definition) is 1. The van der Waals surface area contributed by atoms with Gasteiger partial charge < -0.3 is 15.0 Å². The first kappa shape index (κ1) is 16.9. The van der Waals surface area contributed by atoms with Gasteiger partial charge in [-0.2, -0.15) is 5.10 Å². The fourth-order valence-electron chi connectivity index (χ4n) is 4.64. The zero-order valence-corrected chi connectivity index (χ0v) is 15.3. The van der Waals surface area contributed by atoms with Crippen molar-refractivity contribution in [2.24, 2.45) is 7.05 Å². The number of aromatic nitrogens is 2. The van der Waals surface area contributed by atoms with Gasteiger partial charge in [-0.05, 0) is 25.7 Å². The lowest BCUT2D eigenvalue weighted by Crippen LogP contribution is -2.48. The molecule has 1 saturated heterocycles. The number of aryl methyl sites for hydroxylation is 1. The third kappa shape index (κ3) is 3.54. The van der Waals surface area contributed by atoms with Gasteiger partial charge in [-0.25, -0.2) is 4.79 Å². The SMILES string of the molecule is Cn1nc(C2CCN(C(=O)NC3CCCCC3)CC2)c2c1CCOC2. The van der Waals surface area contributed by atoms with Gasteiger partial charge in [0.2, 0.25) is 0 Å². The summed E-state index contributed by atoms with van der Waals surface area (Å²) in [5, 5.41) is 8.04. The number of rotatable bonds is 2. The van der Waals surface area contributed by atoms with Gasteiger partial charge in [0, 0.05) is 49.8 Å². The summed E-state index contributed by atoms with van der Waals surface area (Å²) in [6, 6.07) is 0.524. The van der Waals surface area contributed by atoms with Crippen molar-refractivity contribution in [1.29, 1.82) is 0 Å². The molecule has 2 fully saturated rings. The summed E-state index contributed by atoms with van der Waals surface area (Å²) in [5.41, 5.74) is 3.85. The zero-order valence-electron chi connectivity index (χ0n) is 15.3. The van der Waals surface area contributed by atoms with Gasteiger partial charge >= 0.3 is 6.03 Å². The Kier molecular flexibility index (Phi) is 4.97. The van der Waals surface area contributed by atoms with E-state index in [2.05, 4.69) is 5.32 Å². The fourth-order valence-corrected chi connectivity index (χ4v) is 4.64. The molecule has 1 aliphatic carbocycles. The first-order valence-electron chi connectivity index (χ1n) is 9.90. The highest BCUT2D eigenvalue weighted by atomic mass is 16.5. The molecule has 0 bridgehead atoms. The van der Waals surface area contributed by atoms with Crippen LogP contribution in [-0.4, -0.2) is 46.4 Å². The molecule has 0 spiro atoms. The van der Waals surface area contributed by atoms with E-state index in [0.717, 1.165) is 51.8 Å². The number of hydrogen-bond acceptors (Lipinski definition) is 3. The lowest BCUT2D eigenvalue weighted by Gasteiger charge is -2.33. The molecular formula is C19H30N4O2. The van der Waals surface area contributed by atoms with Gasteiger partial charge in [0.15, 0.2) is 0 Å². The standard InChI is InChI=1S/C19H30N4O2/c1-22-17-9-12-25-13-16(17)18(21-22)14-7-10-23(11-8-14)19(24)20-15-5-3-2-4-6-15/h14-15H,2-13H2,1H3,(H,20,24). The van der Waals surface area contributed by atoms with Crippen molar-refractivity contribution >= 4 is 6.03 Å². The number of fused-ring (bicyclic) bond motifs is 1. The van der Waals surface area contributed by atoms with Crippen LogP contribution >= 0.6 is 0 Å². The molecule has 0 radical (unpaired) electrons. The molecule has 1 aromatic rings. The number of likely N-dealkylation sites (tertiary alicyclic amines) is 1. The van der Waals surface area contributed by atoms with Crippen molar-refractivity contribution in [2.45, 2.75) is 69.9 Å². The second-order valence-electron chi connectivity index (χ2n) is 7.78. The van der Waals surface area contributed by atoms with Gasteiger partial charge in [-0.1, -0.05) is 19.3 Å². The highest BCUT2D eigenvalue weighted by Gasteiger charge is 2.30. The minimum Gasteiger partial charge on any atom is -0.376 e. The monoisotopic (exact) mass is 346 g/mol. The molecule has 0 atom stereocenters.